The van der Waals surface area contributed by atoms with Crippen LogP contribution < -0.4 is 0 Å². The number of carbonyl (C=O) groups is 1. The lowest BCUT2D eigenvalue weighted by atomic mass is 10.1. The van der Waals surface area contributed by atoms with Crippen LogP contribution in [0.15, 0.2) is 4.99 Å². The third kappa shape index (κ3) is 2.73. The number of alkyl halides is 7. The monoisotopic (exact) mass is 269 g/mol. The van der Waals surface area contributed by atoms with E-state index in [1.54, 1.807) is 0 Å². The van der Waals surface area contributed by atoms with Crippen molar-refractivity contribution in [3.05, 3.63) is 0 Å². The number of ether oxygens (including phenoxy) is 1. The Kier molecular flexibility index (Phi) is 4.63. The average molecular weight is 269 g/mol. The molecule has 0 rings (SSSR count). The largest absolute Gasteiger partial charge is 0.455 e. The summed E-state index contributed by atoms with van der Waals surface area (Å²) in [7, 11) is 0. The van der Waals surface area contributed by atoms with Gasteiger partial charge in [0.25, 0.3) is 0 Å². The molecule has 0 fully saturated rings. The highest BCUT2D eigenvalue weighted by molar-refractivity contribution is 5.89. The van der Waals surface area contributed by atoms with Gasteiger partial charge in [-0.1, -0.05) is 0 Å². The fourth-order valence-corrected chi connectivity index (χ4v) is 0.806. The highest BCUT2D eigenvalue weighted by Gasteiger charge is 2.75. The van der Waals surface area contributed by atoms with Crippen LogP contribution >= 0.6 is 0 Å². The second kappa shape index (κ2) is 4.98. The zero-order chi connectivity index (χ0) is 13.9. The van der Waals surface area contributed by atoms with Crippen molar-refractivity contribution in [2.24, 2.45) is 4.99 Å². The normalized spacial score (nSPS) is 16.4. The minimum absolute atomic E-state index is 1.47. The molecule has 0 aromatic carbocycles. The molecule has 0 bridgehead atoms. The van der Waals surface area contributed by atoms with Gasteiger partial charge < -0.3 is 4.74 Å². The number of hydrogen-bond acceptors (Lipinski definition) is 3. The molecule has 0 N–H and O–H groups in total. The van der Waals surface area contributed by atoms with Crippen LogP contribution in [-0.2, 0) is 9.53 Å². The zero-order valence-corrected chi connectivity index (χ0v) is 8.03. The van der Waals surface area contributed by atoms with Crippen LogP contribution in [-0.4, -0.2) is 43.9 Å². The number of carbonyl (C=O) groups excluding carboxylic acids is 1. The van der Waals surface area contributed by atoms with Gasteiger partial charge in [0.1, 0.15) is 6.54 Å². The summed E-state index contributed by atoms with van der Waals surface area (Å²) in [5, 5.41) is 0. The van der Waals surface area contributed by atoms with Crippen LogP contribution in [0.5, 0.6) is 0 Å². The molecule has 0 aliphatic carbocycles. The Balaban J connectivity index is 5.45. The predicted octanol–water partition coefficient (Wildman–Crippen LogP) is 2.06. The van der Waals surface area contributed by atoms with E-state index in [1.807, 2.05) is 0 Å². The third-order valence-corrected chi connectivity index (χ3v) is 1.63. The van der Waals surface area contributed by atoms with E-state index in [1.165, 1.54) is 0 Å². The van der Waals surface area contributed by atoms with Gasteiger partial charge >= 0.3 is 18.0 Å². The lowest BCUT2D eigenvalue weighted by Crippen LogP contribution is -2.61. The molecule has 0 radical (unpaired) electrons. The first-order chi connectivity index (χ1) is 7.54. The lowest BCUT2D eigenvalue weighted by molar-refractivity contribution is -0.395. The van der Waals surface area contributed by atoms with Gasteiger partial charge in [0, 0.05) is 0 Å². The SMILES string of the molecule is C=NCC(=O)C(F)(F)C(F)(OCF)C(F)(F)F. The quantitative estimate of drug-likeness (QED) is 0.547. The molecule has 0 amide bonds. The van der Waals surface area contributed by atoms with Crippen molar-refractivity contribution >= 4 is 12.5 Å². The van der Waals surface area contributed by atoms with Crippen LogP contribution in [0.2, 0.25) is 0 Å². The van der Waals surface area contributed by atoms with Crippen LogP contribution in [0.3, 0.4) is 0 Å². The van der Waals surface area contributed by atoms with Crippen molar-refractivity contribution < 1.29 is 40.3 Å². The first-order valence-corrected chi connectivity index (χ1v) is 3.83. The summed E-state index contributed by atoms with van der Waals surface area (Å²) < 4.78 is 89.3. The maximum Gasteiger partial charge on any atom is 0.455 e. The van der Waals surface area contributed by atoms with E-state index in [2.05, 4.69) is 16.4 Å². The van der Waals surface area contributed by atoms with Crippen molar-refractivity contribution in [3.8, 4) is 0 Å². The van der Waals surface area contributed by atoms with E-state index in [4.69, 9.17) is 0 Å². The number of aliphatic imine (C=N–C) groups is 1. The van der Waals surface area contributed by atoms with Crippen LogP contribution in [0, 0.1) is 0 Å². The smallest absolute Gasteiger partial charge is 0.302 e. The van der Waals surface area contributed by atoms with Gasteiger partial charge in [0.15, 0.2) is 6.86 Å². The molecule has 0 heterocycles. The highest BCUT2D eigenvalue weighted by Crippen LogP contribution is 2.46. The maximum atomic E-state index is 13.0. The highest BCUT2D eigenvalue weighted by atomic mass is 19.4. The van der Waals surface area contributed by atoms with Crippen molar-refractivity contribution in [2.45, 2.75) is 18.0 Å². The standard InChI is InChI=1S/C7H6F7NO2/c1-15-2-4(16)5(9,10)6(11,17-3-8)7(12,13)14/h1-3H2. The second-order valence-electron chi connectivity index (χ2n) is 2.73. The summed E-state index contributed by atoms with van der Waals surface area (Å²) in [4.78, 5) is 13.2. The summed E-state index contributed by atoms with van der Waals surface area (Å²) in [5.41, 5.74) is 0. The van der Waals surface area contributed by atoms with Crippen molar-refractivity contribution in [3.63, 3.8) is 0 Å². The fourth-order valence-electron chi connectivity index (χ4n) is 0.806. The third-order valence-electron chi connectivity index (χ3n) is 1.63. The zero-order valence-electron chi connectivity index (χ0n) is 8.03. The number of rotatable bonds is 6. The summed E-state index contributed by atoms with van der Waals surface area (Å²) >= 11 is 0. The molecule has 100 valence electrons. The Hall–Kier alpha value is -1.19. The minimum atomic E-state index is -6.29. The first kappa shape index (κ1) is 15.8. The van der Waals surface area contributed by atoms with E-state index in [0.29, 0.717) is 0 Å². The molecule has 17 heavy (non-hydrogen) atoms. The molecule has 0 saturated heterocycles. The summed E-state index contributed by atoms with van der Waals surface area (Å²) in [5.74, 6) is -13.9. The van der Waals surface area contributed by atoms with Gasteiger partial charge in [0.05, 0.1) is 0 Å². The first-order valence-electron chi connectivity index (χ1n) is 3.83. The van der Waals surface area contributed by atoms with Gasteiger partial charge in [-0.05, 0) is 6.72 Å². The van der Waals surface area contributed by atoms with Crippen molar-refractivity contribution in [2.75, 3.05) is 13.4 Å². The Morgan fingerprint density at radius 1 is 1.18 bits per heavy atom. The molecular formula is C7H6F7NO2. The molecular weight excluding hydrogens is 263 g/mol. The molecule has 0 aromatic heterocycles. The number of halogens is 7. The van der Waals surface area contributed by atoms with Gasteiger partial charge in [0.2, 0.25) is 5.78 Å². The van der Waals surface area contributed by atoms with E-state index < -0.39 is 37.1 Å². The average Bonchev–Trinajstić information content (AvgIpc) is 2.16. The van der Waals surface area contributed by atoms with Gasteiger partial charge in [-0.25, -0.2) is 4.39 Å². The summed E-state index contributed by atoms with van der Waals surface area (Å²) in [6.45, 7) is -1.37. The van der Waals surface area contributed by atoms with E-state index >= 15 is 0 Å². The molecule has 0 aliphatic rings. The van der Waals surface area contributed by atoms with Gasteiger partial charge in [-0.2, -0.15) is 26.3 Å². The number of nitrogens with zero attached hydrogens (tertiary/aromatic N) is 1. The van der Waals surface area contributed by atoms with Crippen molar-refractivity contribution in [1.29, 1.82) is 0 Å². The van der Waals surface area contributed by atoms with Crippen LogP contribution in [0.25, 0.3) is 0 Å². The van der Waals surface area contributed by atoms with Crippen LogP contribution in [0.1, 0.15) is 0 Å². The number of Topliss-reactive ketones (excluding diaryl/α,β-unsaturated/α-hetero) is 1. The van der Waals surface area contributed by atoms with Gasteiger partial charge in [-0.15, -0.1) is 0 Å². The Morgan fingerprint density at radius 2 is 1.65 bits per heavy atom. The fraction of sp³-hybridized carbons (Fsp3) is 0.714. The number of hydrogen-bond donors (Lipinski definition) is 0. The summed E-state index contributed by atoms with van der Waals surface area (Å²) in [6, 6.07) is 0. The Morgan fingerprint density at radius 3 is 1.94 bits per heavy atom. The van der Waals surface area contributed by atoms with Crippen molar-refractivity contribution in [1.82, 2.24) is 0 Å². The molecule has 3 nitrogen and oxygen atoms in total. The number of ketones is 1. The molecule has 0 spiro atoms. The molecule has 1 unspecified atom stereocenters. The molecule has 1 atom stereocenters. The molecule has 0 aliphatic heterocycles. The summed E-state index contributed by atoms with van der Waals surface area (Å²) in [6.07, 6.45) is -6.29. The van der Waals surface area contributed by atoms with Crippen LogP contribution in [0.4, 0.5) is 30.7 Å². The Bertz CT molecular complexity index is 303. The van der Waals surface area contributed by atoms with E-state index in [-0.39, 0.29) is 0 Å². The molecule has 0 saturated carbocycles. The van der Waals surface area contributed by atoms with Gasteiger partial charge in [-0.3, -0.25) is 9.79 Å². The maximum absolute atomic E-state index is 13.0. The lowest BCUT2D eigenvalue weighted by Gasteiger charge is -2.32. The minimum Gasteiger partial charge on any atom is -0.302 e. The Labute approximate surface area is 90.3 Å². The van der Waals surface area contributed by atoms with E-state index in [0.717, 1.165) is 0 Å². The predicted molar refractivity (Wildman–Crippen MR) is 41.3 cm³/mol. The molecule has 10 heteroatoms. The topological polar surface area (TPSA) is 38.7 Å². The van der Waals surface area contributed by atoms with E-state index in [9.17, 15) is 35.5 Å². The molecule has 0 aromatic rings. The second-order valence-corrected chi connectivity index (χ2v) is 2.73.